The maximum atomic E-state index is 11.9. The van der Waals surface area contributed by atoms with E-state index < -0.39 is 0 Å². The first-order valence-electron chi connectivity index (χ1n) is 7.99. The number of nitrogens with zero attached hydrogens (tertiary/aromatic N) is 1. The van der Waals surface area contributed by atoms with Crippen LogP contribution in [0.25, 0.3) is 0 Å². The van der Waals surface area contributed by atoms with Gasteiger partial charge in [0.25, 0.3) is 0 Å². The van der Waals surface area contributed by atoms with E-state index in [-0.39, 0.29) is 30.7 Å². The van der Waals surface area contributed by atoms with Crippen LogP contribution >= 0.6 is 24.8 Å². The van der Waals surface area contributed by atoms with Crippen molar-refractivity contribution in [1.29, 1.82) is 0 Å². The van der Waals surface area contributed by atoms with E-state index in [1.807, 2.05) is 18.2 Å². The molecule has 0 bridgehead atoms. The van der Waals surface area contributed by atoms with Crippen molar-refractivity contribution in [3.63, 3.8) is 0 Å². The molecule has 6 heteroatoms. The van der Waals surface area contributed by atoms with Crippen molar-refractivity contribution in [3.05, 3.63) is 30.3 Å². The second-order valence-corrected chi connectivity index (χ2v) is 5.84. The highest BCUT2D eigenvalue weighted by atomic mass is 35.5. The molecule has 1 heterocycles. The number of likely N-dealkylation sites (N-methyl/N-ethyl adjacent to an activating group) is 1. The third-order valence-electron chi connectivity index (χ3n) is 4.20. The molecule has 1 aliphatic rings. The Balaban J connectivity index is 0.00000242. The van der Waals surface area contributed by atoms with Crippen molar-refractivity contribution in [3.8, 4) is 0 Å². The molecule has 0 aromatic heterocycles. The summed E-state index contributed by atoms with van der Waals surface area (Å²) in [6.07, 6.45) is 4.12. The summed E-state index contributed by atoms with van der Waals surface area (Å²) in [4.78, 5) is 14.0. The zero-order valence-corrected chi connectivity index (χ0v) is 15.4. The van der Waals surface area contributed by atoms with Crippen molar-refractivity contribution in [2.45, 2.75) is 25.7 Å². The fourth-order valence-electron chi connectivity index (χ4n) is 2.77. The normalized spacial score (nSPS) is 14.3. The Morgan fingerprint density at radius 3 is 2.52 bits per heavy atom. The smallest absolute Gasteiger partial charge is 0.220 e. The van der Waals surface area contributed by atoms with Gasteiger partial charge in [-0.1, -0.05) is 18.2 Å². The second-order valence-electron chi connectivity index (χ2n) is 5.84. The number of rotatable bonds is 7. The molecule has 0 aliphatic carbocycles. The fourth-order valence-corrected chi connectivity index (χ4v) is 2.77. The lowest BCUT2D eigenvalue weighted by Crippen LogP contribution is -2.33. The standard InChI is InChI=1S/C17H27N3O.2ClH/c1-20(16-5-3-2-4-6-16)14-13-19-17(21)8-7-15-9-11-18-12-10-15;;/h2-6,15,18H,7-14H2,1H3,(H,19,21);2*1H. The molecule has 0 radical (unpaired) electrons. The van der Waals surface area contributed by atoms with Crippen molar-refractivity contribution < 1.29 is 4.79 Å². The van der Waals surface area contributed by atoms with E-state index in [9.17, 15) is 4.79 Å². The van der Waals surface area contributed by atoms with Gasteiger partial charge < -0.3 is 15.5 Å². The van der Waals surface area contributed by atoms with Crippen LogP contribution in [0.15, 0.2) is 30.3 Å². The van der Waals surface area contributed by atoms with E-state index >= 15 is 0 Å². The molecule has 23 heavy (non-hydrogen) atoms. The Kier molecular flexibility index (Phi) is 11.9. The molecule has 132 valence electrons. The highest BCUT2D eigenvalue weighted by Gasteiger charge is 2.14. The molecular formula is C17H29Cl2N3O. The van der Waals surface area contributed by atoms with Crippen LogP contribution in [0.5, 0.6) is 0 Å². The van der Waals surface area contributed by atoms with Crippen molar-refractivity contribution in [1.82, 2.24) is 10.6 Å². The van der Waals surface area contributed by atoms with Crippen LogP contribution in [-0.2, 0) is 4.79 Å². The summed E-state index contributed by atoms with van der Waals surface area (Å²) in [6, 6.07) is 10.2. The number of hydrogen-bond acceptors (Lipinski definition) is 3. The molecule has 0 atom stereocenters. The predicted octanol–water partition coefficient (Wildman–Crippen LogP) is 2.86. The molecule has 1 aromatic rings. The van der Waals surface area contributed by atoms with E-state index in [1.54, 1.807) is 0 Å². The van der Waals surface area contributed by atoms with Gasteiger partial charge >= 0.3 is 0 Å². The molecule has 2 rings (SSSR count). The van der Waals surface area contributed by atoms with Crippen LogP contribution in [0, 0.1) is 5.92 Å². The number of anilines is 1. The Hall–Kier alpha value is -0.970. The second kappa shape index (κ2) is 12.5. The Morgan fingerprint density at radius 1 is 1.22 bits per heavy atom. The number of amides is 1. The lowest BCUT2D eigenvalue weighted by Gasteiger charge is -2.22. The number of carbonyl (C=O) groups excluding carboxylic acids is 1. The van der Waals surface area contributed by atoms with E-state index in [2.05, 4.69) is 34.7 Å². The van der Waals surface area contributed by atoms with Gasteiger partial charge in [0.1, 0.15) is 0 Å². The Labute approximate surface area is 152 Å². The van der Waals surface area contributed by atoms with Crippen LogP contribution in [0.2, 0.25) is 0 Å². The quantitative estimate of drug-likeness (QED) is 0.784. The topological polar surface area (TPSA) is 44.4 Å². The maximum absolute atomic E-state index is 11.9. The zero-order chi connectivity index (χ0) is 14.9. The van der Waals surface area contributed by atoms with E-state index in [0.717, 1.165) is 32.0 Å². The number of nitrogens with one attached hydrogen (secondary N) is 2. The summed E-state index contributed by atoms with van der Waals surface area (Å²) in [6.45, 7) is 3.75. The molecule has 0 saturated carbocycles. The Bertz CT molecular complexity index is 425. The average molecular weight is 362 g/mol. The number of halogens is 2. The Morgan fingerprint density at radius 2 is 1.87 bits per heavy atom. The van der Waals surface area contributed by atoms with Crippen molar-refractivity contribution >= 4 is 36.4 Å². The summed E-state index contributed by atoms with van der Waals surface area (Å²) in [7, 11) is 2.05. The molecule has 0 unspecified atom stereocenters. The number of benzene rings is 1. The van der Waals surface area contributed by atoms with Crippen LogP contribution < -0.4 is 15.5 Å². The van der Waals surface area contributed by atoms with Gasteiger partial charge in [-0.2, -0.15) is 0 Å². The minimum absolute atomic E-state index is 0. The van der Waals surface area contributed by atoms with Crippen molar-refractivity contribution in [2.75, 3.05) is 38.1 Å². The largest absolute Gasteiger partial charge is 0.373 e. The van der Waals surface area contributed by atoms with Gasteiger partial charge in [0.2, 0.25) is 5.91 Å². The molecule has 1 saturated heterocycles. The first-order valence-corrected chi connectivity index (χ1v) is 7.99. The number of piperidine rings is 1. The lowest BCUT2D eigenvalue weighted by atomic mass is 9.93. The molecule has 1 amide bonds. The predicted molar refractivity (Wildman–Crippen MR) is 102 cm³/mol. The average Bonchev–Trinajstić information content (AvgIpc) is 2.54. The van der Waals surface area contributed by atoms with Crippen LogP contribution in [-0.4, -0.2) is 39.1 Å². The third kappa shape index (κ3) is 8.45. The van der Waals surface area contributed by atoms with Gasteiger partial charge in [-0.05, 0) is 50.4 Å². The monoisotopic (exact) mass is 361 g/mol. The summed E-state index contributed by atoms with van der Waals surface area (Å²) in [5, 5.41) is 6.39. The van der Waals surface area contributed by atoms with E-state index in [4.69, 9.17) is 0 Å². The third-order valence-corrected chi connectivity index (χ3v) is 4.20. The highest BCUT2D eigenvalue weighted by Crippen LogP contribution is 2.17. The van der Waals surface area contributed by atoms with Gasteiger partial charge in [0.15, 0.2) is 0 Å². The van der Waals surface area contributed by atoms with E-state index in [1.165, 1.54) is 18.5 Å². The molecule has 1 aliphatic heterocycles. The summed E-state index contributed by atoms with van der Waals surface area (Å²) >= 11 is 0. The maximum Gasteiger partial charge on any atom is 0.220 e. The minimum atomic E-state index is 0. The summed E-state index contributed by atoms with van der Waals surface area (Å²) < 4.78 is 0. The summed E-state index contributed by atoms with van der Waals surface area (Å²) in [5.41, 5.74) is 1.18. The number of carbonyl (C=O) groups is 1. The molecule has 2 N–H and O–H groups in total. The fraction of sp³-hybridized carbons (Fsp3) is 0.588. The van der Waals surface area contributed by atoms with Crippen molar-refractivity contribution in [2.24, 2.45) is 5.92 Å². The first kappa shape index (κ1) is 22.0. The van der Waals surface area contributed by atoms with E-state index in [0.29, 0.717) is 13.0 Å². The molecule has 4 nitrogen and oxygen atoms in total. The molecule has 1 aromatic carbocycles. The van der Waals surface area contributed by atoms with Gasteiger partial charge in [0.05, 0.1) is 0 Å². The molecular weight excluding hydrogens is 333 g/mol. The first-order chi connectivity index (χ1) is 10.3. The van der Waals surface area contributed by atoms with Crippen LogP contribution in [0.4, 0.5) is 5.69 Å². The van der Waals surface area contributed by atoms with Crippen LogP contribution in [0.3, 0.4) is 0 Å². The lowest BCUT2D eigenvalue weighted by molar-refractivity contribution is -0.121. The number of hydrogen-bond donors (Lipinski definition) is 2. The van der Waals surface area contributed by atoms with Gasteiger partial charge in [0, 0.05) is 32.2 Å². The van der Waals surface area contributed by atoms with Gasteiger partial charge in [-0.3, -0.25) is 4.79 Å². The van der Waals surface area contributed by atoms with Gasteiger partial charge in [-0.25, -0.2) is 0 Å². The zero-order valence-electron chi connectivity index (χ0n) is 13.8. The highest BCUT2D eigenvalue weighted by molar-refractivity contribution is 5.85. The number of para-hydroxylation sites is 1. The molecule has 0 spiro atoms. The SMILES string of the molecule is CN(CCNC(=O)CCC1CCNCC1)c1ccccc1.Cl.Cl. The summed E-state index contributed by atoms with van der Waals surface area (Å²) in [5.74, 6) is 0.916. The van der Waals surface area contributed by atoms with Crippen LogP contribution in [0.1, 0.15) is 25.7 Å². The van der Waals surface area contributed by atoms with Gasteiger partial charge in [-0.15, -0.1) is 24.8 Å². The minimum Gasteiger partial charge on any atom is -0.373 e. The molecule has 1 fully saturated rings.